The van der Waals surface area contributed by atoms with E-state index in [4.69, 9.17) is 5.73 Å². The summed E-state index contributed by atoms with van der Waals surface area (Å²) >= 11 is 0. The molecule has 9 heteroatoms. The minimum Gasteiger partial charge on any atom is -0.396 e. The Labute approximate surface area is 172 Å². The Kier molecular flexibility index (Phi) is 5.51. The van der Waals surface area contributed by atoms with Gasteiger partial charge in [-0.15, -0.1) is 0 Å². The molecule has 4 rings (SSSR count). The zero-order valence-corrected chi connectivity index (χ0v) is 16.1. The van der Waals surface area contributed by atoms with E-state index in [1.54, 1.807) is 23.4 Å². The van der Waals surface area contributed by atoms with Crippen LogP contribution >= 0.6 is 0 Å². The Morgan fingerprint density at radius 1 is 1.20 bits per heavy atom. The number of hydrogen-bond acceptors (Lipinski definition) is 5. The second kappa shape index (κ2) is 8.40. The van der Waals surface area contributed by atoms with Crippen molar-refractivity contribution in [1.29, 1.82) is 0 Å². The number of halogens is 2. The number of urea groups is 1. The van der Waals surface area contributed by atoms with Gasteiger partial charge in [-0.05, 0) is 42.7 Å². The number of pyridine rings is 1. The summed E-state index contributed by atoms with van der Waals surface area (Å²) in [6, 6.07) is 7.71. The first kappa shape index (κ1) is 19.7. The number of benzene rings is 1. The molecule has 0 aliphatic carbocycles. The molecular weight excluding hydrogens is 390 g/mol. The smallest absolute Gasteiger partial charge is 0.323 e. The van der Waals surface area contributed by atoms with Crippen molar-refractivity contribution in [3.8, 4) is 11.3 Å². The van der Waals surface area contributed by atoms with Gasteiger partial charge in [-0.3, -0.25) is 5.32 Å². The van der Waals surface area contributed by atoms with Crippen LogP contribution < -0.4 is 11.1 Å². The molecule has 1 atom stereocenters. The van der Waals surface area contributed by atoms with Crippen molar-refractivity contribution in [2.75, 3.05) is 24.1 Å². The summed E-state index contributed by atoms with van der Waals surface area (Å²) in [6.45, 7) is 1.16. The minimum absolute atomic E-state index is 0.121. The molecule has 3 heterocycles. The maximum Gasteiger partial charge on any atom is 0.323 e. The monoisotopic (exact) mass is 410 g/mol. The number of amides is 2. The molecule has 1 saturated heterocycles. The average molecular weight is 410 g/mol. The normalized spacial score (nSPS) is 15.9. The van der Waals surface area contributed by atoms with Crippen LogP contribution in [0.2, 0.25) is 0 Å². The van der Waals surface area contributed by atoms with Crippen LogP contribution in [0.15, 0.2) is 48.8 Å². The van der Waals surface area contributed by atoms with Gasteiger partial charge in [0, 0.05) is 43.5 Å². The molecular formula is C21H20F2N6O. The molecule has 2 amide bonds. The van der Waals surface area contributed by atoms with E-state index < -0.39 is 11.6 Å². The number of rotatable bonds is 4. The van der Waals surface area contributed by atoms with Crippen LogP contribution in [-0.4, -0.2) is 39.0 Å². The fourth-order valence-corrected chi connectivity index (χ4v) is 3.47. The van der Waals surface area contributed by atoms with Crippen molar-refractivity contribution in [1.82, 2.24) is 19.9 Å². The second-order valence-electron chi connectivity index (χ2n) is 7.16. The van der Waals surface area contributed by atoms with Gasteiger partial charge in [0.15, 0.2) is 5.82 Å². The highest BCUT2D eigenvalue weighted by molar-refractivity contribution is 5.92. The summed E-state index contributed by atoms with van der Waals surface area (Å²) in [6.07, 6.45) is 4.94. The topological polar surface area (TPSA) is 97.0 Å². The Bertz CT molecular complexity index is 1060. The summed E-state index contributed by atoms with van der Waals surface area (Å²) in [5.41, 5.74) is 6.56. The van der Waals surface area contributed by atoms with E-state index in [1.807, 2.05) is 0 Å². The summed E-state index contributed by atoms with van der Waals surface area (Å²) in [5, 5.41) is 2.70. The number of carbonyl (C=O) groups is 1. The predicted octanol–water partition coefficient (Wildman–Crippen LogP) is 3.50. The first-order chi connectivity index (χ1) is 14.5. The van der Waals surface area contributed by atoms with Crippen LogP contribution in [0.25, 0.3) is 11.3 Å². The first-order valence-electron chi connectivity index (χ1n) is 9.53. The number of nitrogens with zero attached hydrogens (tertiary/aromatic N) is 4. The zero-order valence-electron chi connectivity index (χ0n) is 16.1. The maximum absolute atomic E-state index is 14.1. The van der Waals surface area contributed by atoms with Crippen molar-refractivity contribution in [2.24, 2.45) is 5.92 Å². The Hall–Kier alpha value is -3.62. The minimum atomic E-state index is -0.741. The number of nitrogens with one attached hydrogen (secondary N) is 1. The van der Waals surface area contributed by atoms with E-state index in [-0.39, 0.29) is 34.7 Å². The number of anilines is 2. The number of nitrogen functional groups attached to an aromatic ring is 1. The number of hydrogen-bond donors (Lipinski definition) is 2. The van der Waals surface area contributed by atoms with Gasteiger partial charge >= 0.3 is 6.03 Å². The van der Waals surface area contributed by atoms with Gasteiger partial charge in [-0.1, -0.05) is 0 Å². The molecule has 30 heavy (non-hydrogen) atoms. The molecule has 0 spiro atoms. The maximum atomic E-state index is 14.1. The third kappa shape index (κ3) is 4.35. The molecule has 0 radical (unpaired) electrons. The van der Waals surface area contributed by atoms with Gasteiger partial charge in [-0.2, -0.15) is 0 Å². The van der Waals surface area contributed by atoms with Gasteiger partial charge in [0.2, 0.25) is 0 Å². The number of likely N-dealkylation sites (tertiary alicyclic amines) is 1. The quantitative estimate of drug-likeness (QED) is 0.686. The van der Waals surface area contributed by atoms with Gasteiger partial charge in [0.25, 0.3) is 0 Å². The van der Waals surface area contributed by atoms with E-state index >= 15 is 0 Å². The molecule has 0 bridgehead atoms. The molecule has 1 aromatic carbocycles. The fourth-order valence-electron chi connectivity index (χ4n) is 3.47. The van der Waals surface area contributed by atoms with Crippen LogP contribution in [0.5, 0.6) is 0 Å². The van der Waals surface area contributed by atoms with Crippen LogP contribution in [-0.2, 0) is 6.42 Å². The lowest BCUT2D eigenvalue weighted by Crippen LogP contribution is -2.33. The molecule has 1 aliphatic rings. The van der Waals surface area contributed by atoms with Crippen molar-refractivity contribution in [3.05, 3.63) is 66.3 Å². The predicted molar refractivity (Wildman–Crippen MR) is 108 cm³/mol. The average Bonchev–Trinajstić information content (AvgIpc) is 3.19. The van der Waals surface area contributed by atoms with Crippen LogP contribution in [0.1, 0.15) is 12.2 Å². The van der Waals surface area contributed by atoms with Crippen LogP contribution in [0.3, 0.4) is 0 Å². The van der Waals surface area contributed by atoms with Gasteiger partial charge in [-0.25, -0.2) is 28.5 Å². The number of aromatic nitrogens is 3. The van der Waals surface area contributed by atoms with E-state index in [2.05, 4.69) is 20.3 Å². The Balaban J connectivity index is 1.44. The number of nitrogens with two attached hydrogens (primary N) is 1. The second-order valence-corrected chi connectivity index (χ2v) is 7.16. The van der Waals surface area contributed by atoms with E-state index in [0.29, 0.717) is 19.5 Å². The van der Waals surface area contributed by atoms with E-state index in [0.717, 1.165) is 24.4 Å². The Morgan fingerprint density at radius 3 is 2.77 bits per heavy atom. The van der Waals surface area contributed by atoms with E-state index in [9.17, 15) is 13.6 Å². The van der Waals surface area contributed by atoms with Gasteiger partial charge in [0.05, 0.1) is 11.4 Å². The van der Waals surface area contributed by atoms with Crippen molar-refractivity contribution >= 4 is 17.5 Å². The molecule has 2 aromatic heterocycles. The van der Waals surface area contributed by atoms with Crippen LogP contribution in [0, 0.1) is 17.6 Å². The molecule has 3 N–H and O–H groups in total. The molecule has 3 aromatic rings. The highest BCUT2D eigenvalue weighted by Gasteiger charge is 2.27. The summed E-state index contributed by atoms with van der Waals surface area (Å²) in [5.74, 6) is -0.261. The van der Waals surface area contributed by atoms with Crippen molar-refractivity contribution in [3.63, 3.8) is 0 Å². The molecule has 0 saturated carbocycles. The lowest BCUT2D eigenvalue weighted by molar-refractivity contribution is 0.220. The van der Waals surface area contributed by atoms with E-state index in [1.165, 1.54) is 18.2 Å². The highest BCUT2D eigenvalue weighted by Crippen LogP contribution is 2.27. The summed E-state index contributed by atoms with van der Waals surface area (Å²) in [4.78, 5) is 27.1. The van der Waals surface area contributed by atoms with Gasteiger partial charge < -0.3 is 10.6 Å². The largest absolute Gasteiger partial charge is 0.396 e. The fraction of sp³-hybridized carbons (Fsp3) is 0.238. The lowest BCUT2D eigenvalue weighted by Gasteiger charge is -2.18. The first-order valence-corrected chi connectivity index (χ1v) is 9.53. The standard InChI is InChI=1S/C21H20F2N6O/c22-14-2-3-15(16(23)11-14)18-5-4-17(24)20(27-18)28-21(30)29-9-6-13(12-29)10-19-25-7-1-8-26-19/h1-5,7-8,11,13H,6,9-10,12,24H2,(H,27,28,30)/t13-/m0/s1. The highest BCUT2D eigenvalue weighted by atomic mass is 19.1. The van der Waals surface area contributed by atoms with Crippen LogP contribution in [0.4, 0.5) is 25.1 Å². The lowest BCUT2D eigenvalue weighted by atomic mass is 10.0. The molecule has 0 unspecified atom stereocenters. The summed E-state index contributed by atoms with van der Waals surface area (Å²) in [7, 11) is 0. The SMILES string of the molecule is Nc1ccc(-c2ccc(F)cc2F)nc1NC(=O)N1CC[C@@H](Cc2ncccn2)C1. The van der Waals surface area contributed by atoms with Gasteiger partial charge in [0.1, 0.15) is 17.5 Å². The third-order valence-corrected chi connectivity index (χ3v) is 5.02. The molecule has 154 valence electrons. The zero-order chi connectivity index (χ0) is 21.1. The Morgan fingerprint density at radius 2 is 2.00 bits per heavy atom. The molecule has 1 aliphatic heterocycles. The third-order valence-electron chi connectivity index (χ3n) is 5.02. The van der Waals surface area contributed by atoms with Crippen molar-refractivity contribution in [2.45, 2.75) is 12.8 Å². The molecule has 7 nitrogen and oxygen atoms in total. The number of carbonyl (C=O) groups excluding carboxylic acids is 1. The molecule has 1 fully saturated rings. The van der Waals surface area contributed by atoms with Crippen molar-refractivity contribution < 1.29 is 13.6 Å². The summed E-state index contributed by atoms with van der Waals surface area (Å²) < 4.78 is 27.3.